The summed E-state index contributed by atoms with van der Waals surface area (Å²) in [5.74, 6) is -0.815. The zero-order valence-corrected chi connectivity index (χ0v) is 16.0. The number of phenols is 1. The van der Waals surface area contributed by atoms with Crippen LogP contribution in [-0.4, -0.2) is 28.0 Å². The smallest absolute Gasteiger partial charge is 0.165 e. The predicted molar refractivity (Wildman–Crippen MR) is 105 cm³/mol. The van der Waals surface area contributed by atoms with E-state index in [0.717, 1.165) is 24.0 Å². The molecule has 0 fully saturated rings. The molecular weight excluding hydrogens is 331 g/mol. The molecule has 0 saturated heterocycles. The van der Waals surface area contributed by atoms with E-state index in [1.165, 1.54) is 12.1 Å². The first kappa shape index (κ1) is 22.1. The van der Waals surface area contributed by atoms with E-state index >= 15 is 0 Å². The fraction of sp³-hybridized carbons (Fsp3) is 0.455. The first-order chi connectivity index (χ1) is 12.3. The van der Waals surface area contributed by atoms with E-state index in [1.807, 2.05) is 19.9 Å². The molecule has 0 aliphatic heterocycles. The lowest BCUT2D eigenvalue weighted by atomic mass is 9.89. The highest BCUT2D eigenvalue weighted by molar-refractivity contribution is 5.54. The molecule has 0 aliphatic carbocycles. The van der Waals surface area contributed by atoms with Crippen molar-refractivity contribution >= 4 is 6.08 Å². The Morgan fingerprint density at radius 1 is 1.27 bits per heavy atom. The van der Waals surface area contributed by atoms with Crippen LogP contribution < -0.4 is 0 Å². The number of rotatable bonds is 10. The highest BCUT2D eigenvalue weighted by atomic mass is 19.1. The summed E-state index contributed by atoms with van der Waals surface area (Å²) < 4.78 is 13.5. The number of hydrogen-bond donors (Lipinski definition) is 3. The molecule has 0 amide bonds. The summed E-state index contributed by atoms with van der Waals surface area (Å²) in [6.45, 7) is 9.96. The Morgan fingerprint density at radius 3 is 2.50 bits per heavy atom. The van der Waals surface area contributed by atoms with E-state index in [9.17, 15) is 19.7 Å². The quantitative estimate of drug-likeness (QED) is 0.514. The van der Waals surface area contributed by atoms with Crippen molar-refractivity contribution in [3.8, 4) is 5.75 Å². The van der Waals surface area contributed by atoms with Crippen LogP contribution in [0.25, 0.3) is 6.08 Å². The van der Waals surface area contributed by atoms with Crippen molar-refractivity contribution in [2.45, 2.75) is 52.6 Å². The molecule has 0 heterocycles. The van der Waals surface area contributed by atoms with Crippen molar-refractivity contribution in [2.24, 2.45) is 5.92 Å². The summed E-state index contributed by atoms with van der Waals surface area (Å²) in [6.07, 6.45) is 5.78. The summed E-state index contributed by atoms with van der Waals surface area (Å²) in [5, 5.41) is 29.1. The average molecular weight is 362 g/mol. The number of allylic oxidation sites excluding steroid dienone is 1. The molecule has 1 aromatic rings. The average Bonchev–Trinajstić information content (AvgIpc) is 2.60. The van der Waals surface area contributed by atoms with Crippen molar-refractivity contribution in [1.82, 2.24) is 0 Å². The van der Waals surface area contributed by atoms with Crippen LogP contribution in [0.3, 0.4) is 0 Å². The van der Waals surface area contributed by atoms with Crippen LogP contribution in [0, 0.1) is 11.7 Å². The largest absolute Gasteiger partial charge is 0.505 e. The summed E-state index contributed by atoms with van der Waals surface area (Å²) in [5.41, 5.74) is 3.31. The highest BCUT2D eigenvalue weighted by Gasteiger charge is 2.16. The summed E-state index contributed by atoms with van der Waals surface area (Å²) >= 11 is 0. The third-order valence-corrected chi connectivity index (χ3v) is 4.39. The lowest BCUT2D eigenvalue weighted by molar-refractivity contribution is 0.199. The molecule has 1 unspecified atom stereocenters. The van der Waals surface area contributed by atoms with Gasteiger partial charge in [-0.15, -0.1) is 0 Å². The van der Waals surface area contributed by atoms with Crippen molar-refractivity contribution in [3.63, 3.8) is 0 Å². The van der Waals surface area contributed by atoms with Crippen LogP contribution in [0.15, 0.2) is 47.6 Å². The van der Waals surface area contributed by atoms with Crippen LogP contribution in [0.4, 0.5) is 4.39 Å². The lowest BCUT2D eigenvalue weighted by Crippen LogP contribution is -2.15. The first-order valence-corrected chi connectivity index (χ1v) is 9.16. The standard InChI is InChI=1S/C22H31FO3/c1-5-6-17(13-18-8-10-22(26)20(23)14-18)7-9-21(25)19(11-12-24)16(4)15(2)3/h8,10-11,13-15,21,24-26H,4-7,9,12H2,1-3H3/b17-13+,19-11-. The normalized spacial score (nSPS) is 14.0. The third kappa shape index (κ3) is 6.77. The number of phenolic OH excluding ortho intramolecular Hbond substituents is 1. The molecule has 1 rings (SSSR count). The SMILES string of the molecule is C=C(/C(=C/CO)C(O)CC/C(=C/c1ccc(O)c(F)c1)CCC)C(C)C. The van der Waals surface area contributed by atoms with E-state index in [-0.39, 0.29) is 18.3 Å². The monoisotopic (exact) mass is 362 g/mol. The molecule has 1 aromatic carbocycles. The van der Waals surface area contributed by atoms with Crippen molar-refractivity contribution < 1.29 is 19.7 Å². The van der Waals surface area contributed by atoms with E-state index < -0.39 is 11.9 Å². The van der Waals surface area contributed by atoms with Gasteiger partial charge in [-0.2, -0.15) is 0 Å². The van der Waals surface area contributed by atoms with Crippen LogP contribution in [0.2, 0.25) is 0 Å². The lowest BCUT2D eigenvalue weighted by Gasteiger charge is -2.20. The summed E-state index contributed by atoms with van der Waals surface area (Å²) in [7, 11) is 0. The molecule has 26 heavy (non-hydrogen) atoms. The number of halogens is 1. The Morgan fingerprint density at radius 2 is 1.96 bits per heavy atom. The number of benzene rings is 1. The van der Waals surface area contributed by atoms with Crippen molar-refractivity contribution in [3.05, 3.63) is 59.0 Å². The van der Waals surface area contributed by atoms with E-state index in [4.69, 9.17) is 0 Å². The van der Waals surface area contributed by atoms with Gasteiger partial charge in [0.1, 0.15) is 0 Å². The molecule has 0 saturated carbocycles. The van der Waals surface area contributed by atoms with Crippen LogP contribution in [0.1, 0.15) is 52.0 Å². The molecule has 0 spiro atoms. The zero-order valence-electron chi connectivity index (χ0n) is 16.0. The Labute approximate surface area is 156 Å². The number of hydrogen-bond acceptors (Lipinski definition) is 3. The van der Waals surface area contributed by atoms with E-state index in [0.29, 0.717) is 24.0 Å². The molecule has 3 N–H and O–H groups in total. The molecule has 0 aromatic heterocycles. The Bertz CT molecular complexity index is 659. The Kier molecular flexibility index (Phi) is 9.31. The van der Waals surface area contributed by atoms with Gasteiger partial charge in [0, 0.05) is 0 Å². The van der Waals surface area contributed by atoms with Crippen LogP contribution in [0.5, 0.6) is 5.75 Å². The molecule has 0 bridgehead atoms. The maximum Gasteiger partial charge on any atom is 0.165 e. The molecule has 3 nitrogen and oxygen atoms in total. The van der Waals surface area contributed by atoms with Crippen LogP contribution in [-0.2, 0) is 0 Å². The Balaban J connectivity index is 2.89. The van der Waals surface area contributed by atoms with Gasteiger partial charge in [0.05, 0.1) is 12.7 Å². The van der Waals surface area contributed by atoms with E-state index in [2.05, 4.69) is 13.5 Å². The van der Waals surface area contributed by atoms with E-state index in [1.54, 1.807) is 12.1 Å². The maximum absolute atomic E-state index is 13.5. The fourth-order valence-corrected chi connectivity index (χ4v) is 2.83. The Hall–Kier alpha value is -1.91. The number of aliphatic hydroxyl groups excluding tert-OH is 2. The number of aliphatic hydroxyl groups is 2. The van der Waals surface area contributed by atoms with Gasteiger partial charge in [0.15, 0.2) is 11.6 Å². The van der Waals surface area contributed by atoms with Crippen molar-refractivity contribution in [2.75, 3.05) is 6.61 Å². The first-order valence-electron chi connectivity index (χ1n) is 9.16. The molecule has 0 radical (unpaired) electrons. The summed E-state index contributed by atoms with van der Waals surface area (Å²) in [6, 6.07) is 4.32. The molecule has 4 heteroatoms. The second-order valence-corrected chi connectivity index (χ2v) is 6.84. The maximum atomic E-state index is 13.5. The minimum Gasteiger partial charge on any atom is -0.505 e. The predicted octanol–water partition coefficient (Wildman–Crippen LogP) is 4.99. The van der Waals surface area contributed by atoms with Gasteiger partial charge in [0.25, 0.3) is 0 Å². The fourth-order valence-electron chi connectivity index (χ4n) is 2.83. The van der Waals surface area contributed by atoms with Crippen molar-refractivity contribution in [1.29, 1.82) is 0 Å². The van der Waals surface area contributed by atoms with Gasteiger partial charge in [0.2, 0.25) is 0 Å². The van der Waals surface area contributed by atoms with Gasteiger partial charge in [-0.3, -0.25) is 0 Å². The van der Waals surface area contributed by atoms with Gasteiger partial charge in [-0.25, -0.2) is 4.39 Å². The topological polar surface area (TPSA) is 60.7 Å². The minimum absolute atomic E-state index is 0.136. The third-order valence-electron chi connectivity index (χ3n) is 4.39. The van der Waals surface area contributed by atoms with Gasteiger partial charge < -0.3 is 15.3 Å². The molecule has 144 valence electrons. The zero-order chi connectivity index (χ0) is 19.7. The van der Waals surface area contributed by atoms with Gasteiger partial charge in [-0.1, -0.05) is 57.6 Å². The molecular formula is C22H31FO3. The second kappa shape index (κ2) is 10.9. The summed E-state index contributed by atoms with van der Waals surface area (Å²) in [4.78, 5) is 0. The molecule has 1 atom stereocenters. The minimum atomic E-state index is -0.700. The highest BCUT2D eigenvalue weighted by Crippen LogP contribution is 2.26. The van der Waals surface area contributed by atoms with Gasteiger partial charge in [-0.05, 0) is 54.0 Å². The van der Waals surface area contributed by atoms with Gasteiger partial charge >= 0.3 is 0 Å². The molecule has 0 aliphatic rings. The second-order valence-electron chi connectivity index (χ2n) is 6.84. The number of aromatic hydroxyl groups is 1. The van der Waals surface area contributed by atoms with Crippen LogP contribution >= 0.6 is 0 Å².